The van der Waals surface area contributed by atoms with Crippen LogP contribution >= 0.6 is 0 Å². The minimum atomic E-state index is 0.524. The lowest BCUT2D eigenvalue weighted by molar-refractivity contribution is 0.00483. The topological polar surface area (TPSA) is 0 Å². The molecule has 148 valence electrons. The number of hydrogen-bond donors (Lipinski definition) is 0. The average molecular weight is 349 g/mol. The van der Waals surface area contributed by atoms with Gasteiger partial charge in [-0.3, -0.25) is 0 Å². The molecule has 0 aromatic heterocycles. The van der Waals surface area contributed by atoms with E-state index in [1.807, 2.05) is 0 Å². The molecule has 6 unspecified atom stereocenters. The Morgan fingerprint density at radius 1 is 0.880 bits per heavy atom. The maximum absolute atomic E-state index is 2.62. The maximum Gasteiger partial charge on any atom is -0.0274 e. The standard InChI is InChI=1S/C25H48/c1-8-19(3)25(7,9-2)23-15-14-21-17-20(12-13-22(21)18-23)11-10-16-24(4,5)6/h19-23H,8-18H2,1-7H3. The lowest BCUT2D eigenvalue weighted by atomic mass is 9.56. The maximum atomic E-state index is 2.62. The smallest absolute Gasteiger partial charge is 0.0274 e. The second kappa shape index (κ2) is 8.79. The van der Waals surface area contributed by atoms with Gasteiger partial charge in [0, 0.05) is 0 Å². The molecule has 0 aromatic rings. The number of fused-ring (bicyclic) bond motifs is 1. The van der Waals surface area contributed by atoms with Crippen molar-refractivity contribution < 1.29 is 0 Å². The van der Waals surface area contributed by atoms with Gasteiger partial charge in [-0.1, -0.05) is 80.6 Å². The number of rotatable bonds is 7. The Labute approximate surface area is 159 Å². The van der Waals surface area contributed by atoms with Crippen molar-refractivity contribution in [1.82, 2.24) is 0 Å². The van der Waals surface area contributed by atoms with Crippen LogP contribution in [0.5, 0.6) is 0 Å². The summed E-state index contributed by atoms with van der Waals surface area (Å²) in [6.45, 7) is 17.2. The van der Waals surface area contributed by atoms with E-state index in [4.69, 9.17) is 0 Å². The van der Waals surface area contributed by atoms with Gasteiger partial charge in [0.2, 0.25) is 0 Å². The molecule has 0 heteroatoms. The van der Waals surface area contributed by atoms with E-state index in [2.05, 4.69) is 48.5 Å². The molecule has 25 heavy (non-hydrogen) atoms. The molecule has 0 bridgehead atoms. The molecule has 0 aliphatic heterocycles. The SMILES string of the molecule is CCC(C)C(C)(CC)C1CCC2CC(CCCC(C)(C)C)CCC2C1. The first-order valence-electron chi connectivity index (χ1n) is 11.7. The van der Waals surface area contributed by atoms with Crippen molar-refractivity contribution in [3.05, 3.63) is 0 Å². The molecule has 0 heterocycles. The van der Waals surface area contributed by atoms with Crippen LogP contribution in [0.1, 0.15) is 119 Å². The Morgan fingerprint density at radius 3 is 2.12 bits per heavy atom. The van der Waals surface area contributed by atoms with Gasteiger partial charge in [0.15, 0.2) is 0 Å². The third-order valence-electron chi connectivity index (χ3n) is 8.69. The first-order valence-corrected chi connectivity index (χ1v) is 11.7. The van der Waals surface area contributed by atoms with Crippen molar-refractivity contribution in [2.75, 3.05) is 0 Å². The molecule has 2 rings (SSSR count). The van der Waals surface area contributed by atoms with Crippen molar-refractivity contribution in [2.24, 2.45) is 40.4 Å². The van der Waals surface area contributed by atoms with Crippen LogP contribution in [0.3, 0.4) is 0 Å². The van der Waals surface area contributed by atoms with E-state index in [-0.39, 0.29) is 0 Å². The van der Waals surface area contributed by atoms with Crippen LogP contribution in [0.15, 0.2) is 0 Å². The first kappa shape index (κ1) is 21.3. The Bertz CT molecular complexity index is 389. The van der Waals surface area contributed by atoms with E-state index in [0.717, 1.165) is 29.6 Å². The predicted octanol–water partition coefficient (Wildman–Crippen LogP) is 8.50. The predicted molar refractivity (Wildman–Crippen MR) is 113 cm³/mol. The Balaban J connectivity index is 1.85. The van der Waals surface area contributed by atoms with Crippen molar-refractivity contribution in [2.45, 2.75) is 119 Å². The summed E-state index contributed by atoms with van der Waals surface area (Å²) in [5, 5.41) is 0. The van der Waals surface area contributed by atoms with Crippen LogP contribution in [0.2, 0.25) is 0 Å². The molecule has 2 fully saturated rings. The van der Waals surface area contributed by atoms with Crippen molar-refractivity contribution in [1.29, 1.82) is 0 Å². The van der Waals surface area contributed by atoms with Crippen molar-refractivity contribution in [3.63, 3.8) is 0 Å². The van der Waals surface area contributed by atoms with Crippen molar-refractivity contribution >= 4 is 0 Å². The van der Waals surface area contributed by atoms with Gasteiger partial charge in [-0.2, -0.15) is 0 Å². The Kier molecular flexibility index (Phi) is 7.49. The van der Waals surface area contributed by atoms with Crippen molar-refractivity contribution in [3.8, 4) is 0 Å². The quantitative estimate of drug-likeness (QED) is 0.432. The largest absolute Gasteiger partial charge is 0.0651 e. The molecule has 2 aliphatic carbocycles. The molecule has 0 spiro atoms. The summed E-state index contributed by atoms with van der Waals surface area (Å²) in [6, 6.07) is 0. The summed E-state index contributed by atoms with van der Waals surface area (Å²) in [5.41, 5.74) is 1.11. The van der Waals surface area contributed by atoms with Gasteiger partial charge in [-0.05, 0) is 78.9 Å². The molecule has 0 amide bonds. The average Bonchev–Trinajstić information content (AvgIpc) is 2.58. The van der Waals surface area contributed by atoms with E-state index >= 15 is 0 Å². The van der Waals surface area contributed by atoms with Gasteiger partial charge in [-0.15, -0.1) is 0 Å². The van der Waals surface area contributed by atoms with E-state index in [1.165, 1.54) is 51.4 Å². The summed E-state index contributed by atoms with van der Waals surface area (Å²) < 4.78 is 0. The van der Waals surface area contributed by atoms with E-state index in [1.54, 1.807) is 19.3 Å². The summed E-state index contributed by atoms with van der Waals surface area (Å²) in [6.07, 6.45) is 16.3. The molecular formula is C25H48. The van der Waals surface area contributed by atoms with Crippen LogP contribution in [0.4, 0.5) is 0 Å². The second-order valence-corrected chi connectivity index (χ2v) is 11.3. The van der Waals surface area contributed by atoms with Crippen LogP contribution in [-0.4, -0.2) is 0 Å². The van der Waals surface area contributed by atoms with E-state index in [0.29, 0.717) is 10.8 Å². The van der Waals surface area contributed by atoms with Gasteiger partial charge in [-0.25, -0.2) is 0 Å². The first-order chi connectivity index (χ1) is 11.7. The normalized spacial score (nSPS) is 34.2. The summed E-state index contributed by atoms with van der Waals surface area (Å²) >= 11 is 0. The second-order valence-electron chi connectivity index (χ2n) is 11.3. The number of hydrogen-bond acceptors (Lipinski definition) is 0. The van der Waals surface area contributed by atoms with Gasteiger partial charge in [0.25, 0.3) is 0 Å². The summed E-state index contributed by atoms with van der Waals surface area (Å²) in [4.78, 5) is 0. The minimum Gasteiger partial charge on any atom is -0.0651 e. The molecule has 0 nitrogen and oxygen atoms in total. The third-order valence-corrected chi connectivity index (χ3v) is 8.69. The zero-order valence-corrected chi connectivity index (χ0v) is 18.7. The fraction of sp³-hybridized carbons (Fsp3) is 1.00. The van der Waals surface area contributed by atoms with E-state index < -0.39 is 0 Å². The molecule has 2 aliphatic rings. The third kappa shape index (κ3) is 5.49. The molecular weight excluding hydrogens is 300 g/mol. The highest BCUT2D eigenvalue weighted by atomic mass is 14.5. The lowest BCUT2D eigenvalue weighted by Crippen LogP contribution is -2.40. The lowest BCUT2D eigenvalue weighted by Gasteiger charge is -2.50. The van der Waals surface area contributed by atoms with Crippen LogP contribution in [0, 0.1) is 40.4 Å². The molecule has 2 saturated carbocycles. The Hall–Kier alpha value is 0. The van der Waals surface area contributed by atoms with Crippen LogP contribution in [0.25, 0.3) is 0 Å². The fourth-order valence-electron chi connectivity index (χ4n) is 6.27. The van der Waals surface area contributed by atoms with Gasteiger partial charge < -0.3 is 0 Å². The van der Waals surface area contributed by atoms with Crippen LogP contribution < -0.4 is 0 Å². The molecule has 6 atom stereocenters. The zero-order valence-electron chi connectivity index (χ0n) is 18.7. The molecule has 0 N–H and O–H groups in total. The van der Waals surface area contributed by atoms with Gasteiger partial charge in [0.05, 0.1) is 0 Å². The highest BCUT2D eigenvalue weighted by molar-refractivity contribution is 4.93. The summed E-state index contributed by atoms with van der Waals surface area (Å²) in [7, 11) is 0. The highest BCUT2D eigenvalue weighted by Crippen LogP contribution is 2.53. The highest BCUT2D eigenvalue weighted by Gasteiger charge is 2.43. The molecule has 0 radical (unpaired) electrons. The summed E-state index contributed by atoms with van der Waals surface area (Å²) in [5.74, 6) is 5.06. The Morgan fingerprint density at radius 2 is 1.52 bits per heavy atom. The van der Waals surface area contributed by atoms with E-state index in [9.17, 15) is 0 Å². The fourth-order valence-corrected chi connectivity index (χ4v) is 6.27. The van der Waals surface area contributed by atoms with Gasteiger partial charge in [0.1, 0.15) is 0 Å². The van der Waals surface area contributed by atoms with Gasteiger partial charge >= 0.3 is 0 Å². The minimum absolute atomic E-state index is 0.524. The molecule has 0 aromatic carbocycles. The monoisotopic (exact) mass is 348 g/mol. The van der Waals surface area contributed by atoms with Crippen LogP contribution in [-0.2, 0) is 0 Å². The molecule has 0 saturated heterocycles. The zero-order chi connectivity index (χ0) is 18.7.